The summed E-state index contributed by atoms with van der Waals surface area (Å²) in [5.74, 6) is 1.15. The van der Waals surface area contributed by atoms with Gasteiger partial charge in [0.2, 0.25) is 11.8 Å². The fourth-order valence-electron chi connectivity index (χ4n) is 2.43. The molecular weight excluding hydrogens is 476 g/mol. The van der Waals surface area contributed by atoms with Crippen LogP contribution in [0.4, 0.5) is 4.79 Å². The Balaban J connectivity index is 0.000000379. The van der Waals surface area contributed by atoms with Gasteiger partial charge in [0.05, 0.1) is 35.6 Å². The molecule has 35 heavy (non-hydrogen) atoms. The molecular formula is C25H44N4O4Si2. The molecule has 2 heterocycles. The number of carbonyl (C=O) groups excluding carboxylic acids is 1. The monoisotopic (exact) mass is 520 g/mol. The molecule has 0 radical (unpaired) electrons. The molecule has 0 bridgehead atoms. The number of nitrogens with one attached hydrogen (secondary N) is 1. The SMILES string of the molecule is C=C(CCOc1ccn(C(=O)OC(C)(C)C)n1)[Si](C)(C)C.C=C(CCOc1ccn[nH]1)[Si](C)(C)C. The van der Waals surface area contributed by atoms with Gasteiger partial charge in [-0.2, -0.15) is 9.78 Å². The third-order valence-electron chi connectivity index (χ3n) is 5.06. The van der Waals surface area contributed by atoms with Gasteiger partial charge < -0.3 is 14.2 Å². The Morgan fingerprint density at radius 2 is 1.51 bits per heavy atom. The smallest absolute Gasteiger partial charge is 0.435 e. The van der Waals surface area contributed by atoms with Gasteiger partial charge in [-0.3, -0.25) is 0 Å². The highest BCUT2D eigenvalue weighted by molar-refractivity contribution is 6.83. The maximum Gasteiger partial charge on any atom is 0.435 e. The molecule has 0 saturated heterocycles. The van der Waals surface area contributed by atoms with Crippen LogP contribution in [0.25, 0.3) is 0 Å². The number of aromatic nitrogens is 4. The van der Waals surface area contributed by atoms with Gasteiger partial charge in [0.15, 0.2) is 0 Å². The first kappa shape index (κ1) is 30.4. The van der Waals surface area contributed by atoms with Crippen molar-refractivity contribution in [2.24, 2.45) is 0 Å². The van der Waals surface area contributed by atoms with Crippen LogP contribution in [0, 0.1) is 0 Å². The highest BCUT2D eigenvalue weighted by atomic mass is 28.3. The molecule has 0 aliphatic heterocycles. The summed E-state index contributed by atoms with van der Waals surface area (Å²) >= 11 is 0. The second-order valence-electron chi connectivity index (χ2n) is 11.4. The van der Waals surface area contributed by atoms with Gasteiger partial charge in [0, 0.05) is 18.3 Å². The zero-order valence-corrected chi connectivity index (χ0v) is 25.0. The fraction of sp³-hybridized carbons (Fsp3) is 0.560. The van der Waals surface area contributed by atoms with Gasteiger partial charge in [-0.15, -0.1) is 18.3 Å². The summed E-state index contributed by atoms with van der Waals surface area (Å²) in [5, 5.41) is 13.2. The van der Waals surface area contributed by atoms with Gasteiger partial charge in [-0.1, -0.05) is 49.7 Å². The van der Waals surface area contributed by atoms with E-state index in [-0.39, 0.29) is 0 Å². The minimum atomic E-state index is -1.31. The van der Waals surface area contributed by atoms with E-state index >= 15 is 0 Å². The van der Waals surface area contributed by atoms with Gasteiger partial charge >= 0.3 is 6.09 Å². The quantitative estimate of drug-likeness (QED) is 0.360. The zero-order chi connectivity index (χ0) is 26.9. The lowest BCUT2D eigenvalue weighted by molar-refractivity contribution is 0.0511. The number of ether oxygens (including phenoxy) is 3. The molecule has 196 valence electrons. The average molecular weight is 521 g/mol. The summed E-state index contributed by atoms with van der Waals surface area (Å²) in [6, 6.07) is 3.47. The Hall–Kier alpha value is -2.60. The van der Waals surface area contributed by atoms with E-state index in [1.165, 1.54) is 16.6 Å². The highest BCUT2D eigenvalue weighted by Gasteiger charge is 2.20. The van der Waals surface area contributed by atoms with Crippen molar-refractivity contribution < 1.29 is 19.0 Å². The van der Waals surface area contributed by atoms with Crippen LogP contribution in [-0.2, 0) is 4.74 Å². The van der Waals surface area contributed by atoms with Crippen LogP contribution >= 0.6 is 0 Å². The van der Waals surface area contributed by atoms with E-state index in [9.17, 15) is 4.79 Å². The number of rotatable bonds is 10. The molecule has 0 aliphatic rings. The van der Waals surface area contributed by atoms with Crippen LogP contribution in [0.2, 0.25) is 39.3 Å². The van der Waals surface area contributed by atoms with Gasteiger partial charge in [0.25, 0.3) is 0 Å². The standard InChI is InChI=1S/C15H26N2O3Si.C10H18N2OSi/c1-12(21(5,6)7)9-11-19-13-8-10-17(16-13)14(18)20-15(2,3)4;1-9(14(2,3)4)6-8-13-10-5-7-11-12-10/h8,10H,1,9,11H2,2-7H3;5,7H,1,6,8H2,2-4H3,(H,11,12). The number of nitrogens with zero attached hydrogens (tertiary/aromatic N) is 3. The number of hydrogen-bond acceptors (Lipinski definition) is 6. The Morgan fingerprint density at radius 1 is 0.971 bits per heavy atom. The van der Waals surface area contributed by atoms with E-state index in [1.807, 2.05) is 26.8 Å². The molecule has 10 heteroatoms. The second kappa shape index (κ2) is 12.9. The molecule has 2 aromatic heterocycles. The van der Waals surface area contributed by atoms with Crippen LogP contribution in [0.5, 0.6) is 11.8 Å². The summed E-state index contributed by atoms with van der Waals surface area (Å²) in [6.45, 7) is 28.5. The average Bonchev–Trinajstić information content (AvgIpc) is 3.37. The lowest BCUT2D eigenvalue weighted by atomic mass is 10.2. The number of aromatic amines is 1. The molecule has 2 rings (SSSR count). The van der Waals surface area contributed by atoms with E-state index in [2.05, 4.69) is 67.7 Å². The van der Waals surface area contributed by atoms with E-state index < -0.39 is 27.8 Å². The van der Waals surface area contributed by atoms with Crippen LogP contribution < -0.4 is 9.47 Å². The van der Waals surface area contributed by atoms with Crippen molar-refractivity contribution in [3.63, 3.8) is 0 Å². The predicted molar refractivity (Wildman–Crippen MR) is 148 cm³/mol. The molecule has 0 fully saturated rings. The number of H-pyrrole nitrogens is 1. The molecule has 0 atom stereocenters. The summed E-state index contributed by atoms with van der Waals surface area (Å²) in [7, 11) is -2.50. The molecule has 2 aromatic rings. The van der Waals surface area contributed by atoms with E-state index in [4.69, 9.17) is 14.2 Å². The number of hydrogen-bond donors (Lipinski definition) is 1. The fourth-order valence-corrected chi connectivity index (χ4v) is 4.14. The van der Waals surface area contributed by atoms with Crippen LogP contribution in [0.3, 0.4) is 0 Å². The zero-order valence-electron chi connectivity index (χ0n) is 23.0. The Bertz CT molecular complexity index is 950. The maximum atomic E-state index is 11.8. The van der Waals surface area contributed by atoms with Crippen molar-refractivity contribution >= 4 is 22.2 Å². The van der Waals surface area contributed by atoms with Crippen molar-refractivity contribution in [2.75, 3.05) is 13.2 Å². The van der Waals surface area contributed by atoms with E-state index in [0.29, 0.717) is 19.1 Å². The summed E-state index contributed by atoms with van der Waals surface area (Å²) < 4.78 is 17.4. The Kier molecular flexibility index (Phi) is 11.2. The minimum Gasteiger partial charge on any atom is -0.478 e. The van der Waals surface area contributed by atoms with Gasteiger partial charge in [-0.05, 0) is 33.6 Å². The third-order valence-corrected chi connectivity index (χ3v) is 9.80. The molecule has 0 amide bonds. The molecule has 0 aromatic carbocycles. The molecule has 1 N–H and O–H groups in total. The first-order valence-electron chi connectivity index (χ1n) is 11.9. The lowest BCUT2D eigenvalue weighted by Crippen LogP contribution is -2.27. The van der Waals surface area contributed by atoms with Crippen LogP contribution in [0.15, 0.2) is 48.1 Å². The van der Waals surface area contributed by atoms with E-state index in [0.717, 1.165) is 23.4 Å². The topological polar surface area (TPSA) is 91.3 Å². The van der Waals surface area contributed by atoms with Crippen LogP contribution in [0.1, 0.15) is 33.6 Å². The minimum absolute atomic E-state index is 0.421. The summed E-state index contributed by atoms with van der Waals surface area (Å²) in [5.41, 5.74) is -0.543. The molecule has 0 saturated carbocycles. The first-order valence-corrected chi connectivity index (χ1v) is 18.9. The summed E-state index contributed by atoms with van der Waals surface area (Å²) in [6.07, 6.45) is 4.47. The molecule has 0 aliphatic carbocycles. The van der Waals surface area contributed by atoms with Crippen molar-refractivity contribution in [3.05, 3.63) is 48.1 Å². The van der Waals surface area contributed by atoms with Crippen molar-refractivity contribution in [2.45, 2.75) is 78.5 Å². The van der Waals surface area contributed by atoms with Crippen molar-refractivity contribution in [3.8, 4) is 11.8 Å². The van der Waals surface area contributed by atoms with Gasteiger partial charge in [-0.25, -0.2) is 9.89 Å². The molecule has 0 unspecified atom stereocenters. The molecule has 8 nitrogen and oxygen atoms in total. The Morgan fingerprint density at radius 3 is 1.97 bits per heavy atom. The summed E-state index contributed by atoms with van der Waals surface area (Å²) in [4.78, 5) is 11.8. The Labute approximate surface area is 212 Å². The largest absolute Gasteiger partial charge is 0.478 e. The predicted octanol–water partition coefficient (Wildman–Crippen LogP) is 6.48. The maximum absolute atomic E-state index is 11.8. The molecule has 0 spiro atoms. The van der Waals surface area contributed by atoms with Crippen molar-refractivity contribution in [1.29, 1.82) is 0 Å². The number of carbonyl (C=O) groups is 1. The first-order chi connectivity index (χ1) is 16.0. The van der Waals surface area contributed by atoms with Crippen molar-refractivity contribution in [1.82, 2.24) is 20.0 Å². The van der Waals surface area contributed by atoms with E-state index in [1.54, 1.807) is 12.3 Å². The lowest BCUT2D eigenvalue weighted by Gasteiger charge is -2.19. The third kappa shape index (κ3) is 12.6. The second-order valence-corrected chi connectivity index (χ2v) is 21.8. The highest BCUT2D eigenvalue weighted by Crippen LogP contribution is 2.17. The van der Waals surface area contributed by atoms with Crippen LogP contribution in [-0.4, -0.2) is 61.0 Å². The normalized spacial score (nSPS) is 11.8. The van der Waals surface area contributed by atoms with Gasteiger partial charge in [0.1, 0.15) is 5.60 Å².